The molecule has 0 radical (unpaired) electrons. The lowest BCUT2D eigenvalue weighted by Crippen LogP contribution is -2.32. The maximum absolute atomic E-state index is 12.4. The number of hydrogen-bond acceptors (Lipinski definition) is 3. The average Bonchev–Trinajstić information content (AvgIpc) is 2.39. The van der Waals surface area contributed by atoms with Crippen molar-refractivity contribution in [3.8, 4) is 0 Å². The normalized spacial score (nSPS) is 25.0. The lowest BCUT2D eigenvalue weighted by Gasteiger charge is -2.28. The van der Waals surface area contributed by atoms with Gasteiger partial charge in [-0.05, 0) is 37.8 Å². The van der Waals surface area contributed by atoms with Gasteiger partial charge >= 0.3 is 0 Å². The zero-order valence-electron chi connectivity index (χ0n) is 10.9. The van der Waals surface area contributed by atoms with E-state index in [0.717, 1.165) is 18.4 Å². The first-order chi connectivity index (χ1) is 8.54. The van der Waals surface area contributed by atoms with Gasteiger partial charge in [-0.2, -0.15) is 0 Å². The first-order valence-corrected chi connectivity index (χ1v) is 8.01. The van der Waals surface area contributed by atoms with Crippen LogP contribution in [0.25, 0.3) is 0 Å². The molecule has 0 N–H and O–H groups in total. The highest BCUT2D eigenvalue weighted by Crippen LogP contribution is 2.28. The van der Waals surface area contributed by atoms with Gasteiger partial charge < -0.3 is 4.74 Å². The molecule has 0 amide bonds. The number of aryl methyl sites for hydroxylation is 1. The fraction of sp³-hybridized carbons (Fsp3) is 0.571. The Hall–Kier alpha value is -0.870. The van der Waals surface area contributed by atoms with E-state index in [4.69, 9.17) is 4.74 Å². The standard InChI is InChI=1S/C14H20O3S/c1-3-12-6-9-14(17-10-12)18(15,16)13-7-4-11(2)5-8-13/h4-5,7-8,12,14H,3,6,9-10H2,1-2H3/t12-,14+/m1/s1. The second-order valence-electron chi connectivity index (χ2n) is 4.97. The van der Waals surface area contributed by atoms with E-state index >= 15 is 0 Å². The Kier molecular flexibility index (Phi) is 4.07. The van der Waals surface area contributed by atoms with Gasteiger partial charge in [0.1, 0.15) is 0 Å². The van der Waals surface area contributed by atoms with Crippen molar-refractivity contribution >= 4 is 9.84 Å². The van der Waals surface area contributed by atoms with Gasteiger partial charge in [0.25, 0.3) is 0 Å². The molecule has 0 aromatic heterocycles. The highest BCUT2D eigenvalue weighted by atomic mass is 32.2. The monoisotopic (exact) mass is 268 g/mol. The van der Waals surface area contributed by atoms with Gasteiger partial charge in [-0.15, -0.1) is 0 Å². The van der Waals surface area contributed by atoms with Crippen LogP contribution in [0.5, 0.6) is 0 Å². The van der Waals surface area contributed by atoms with Crippen molar-refractivity contribution in [3.05, 3.63) is 29.8 Å². The number of ether oxygens (including phenoxy) is 1. The second kappa shape index (κ2) is 5.41. The van der Waals surface area contributed by atoms with Crippen LogP contribution >= 0.6 is 0 Å². The lowest BCUT2D eigenvalue weighted by molar-refractivity contribution is 0.0273. The smallest absolute Gasteiger partial charge is 0.205 e. The largest absolute Gasteiger partial charge is 0.362 e. The Bertz CT molecular complexity index is 482. The molecule has 1 aliphatic rings. The van der Waals surface area contributed by atoms with Crippen molar-refractivity contribution in [3.63, 3.8) is 0 Å². The maximum atomic E-state index is 12.4. The van der Waals surface area contributed by atoms with Gasteiger partial charge in [-0.1, -0.05) is 31.0 Å². The van der Waals surface area contributed by atoms with Crippen molar-refractivity contribution in [1.29, 1.82) is 0 Å². The molecule has 0 bridgehead atoms. The van der Waals surface area contributed by atoms with Crippen molar-refractivity contribution in [2.24, 2.45) is 5.92 Å². The summed E-state index contributed by atoms with van der Waals surface area (Å²) in [7, 11) is -3.33. The van der Waals surface area contributed by atoms with Crippen LogP contribution < -0.4 is 0 Å². The van der Waals surface area contributed by atoms with Gasteiger partial charge in [-0.3, -0.25) is 0 Å². The van der Waals surface area contributed by atoms with Crippen LogP contribution in [0, 0.1) is 12.8 Å². The average molecular weight is 268 g/mol. The molecular formula is C14H20O3S. The molecule has 1 saturated heterocycles. The van der Waals surface area contributed by atoms with E-state index in [0.29, 0.717) is 23.8 Å². The third-order valence-corrected chi connectivity index (χ3v) is 5.59. The van der Waals surface area contributed by atoms with Crippen molar-refractivity contribution in [2.45, 2.75) is 43.4 Å². The molecule has 100 valence electrons. The van der Waals surface area contributed by atoms with E-state index in [-0.39, 0.29) is 0 Å². The summed E-state index contributed by atoms with van der Waals surface area (Å²) in [4.78, 5) is 0.369. The molecule has 4 heteroatoms. The zero-order chi connectivity index (χ0) is 13.2. The molecule has 0 unspecified atom stereocenters. The number of benzene rings is 1. The van der Waals surface area contributed by atoms with Crippen LogP contribution in [0.15, 0.2) is 29.2 Å². The minimum atomic E-state index is -3.33. The first-order valence-electron chi connectivity index (χ1n) is 6.46. The molecule has 1 heterocycles. The summed E-state index contributed by atoms with van der Waals surface area (Å²) in [6.45, 7) is 4.62. The summed E-state index contributed by atoms with van der Waals surface area (Å²) >= 11 is 0. The minimum Gasteiger partial charge on any atom is -0.362 e. The van der Waals surface area contributed by atoms with E-state index in [2.05, 4.69) is 6.92 Å². The van der Waals surface area contributed by atoms with Gasteiger partial charge in [0.2, 0.25) is 9.84 Å². The molecular weight excluding hydrogens is 248 g/mol. The SMILES string of the molecule is CC[C@@H]1CC[C@H](S(=O)(=O)c2ccc(C)cc2)OC1. The van der Waals surface area contributed by atoms with Crippen LogP contribution in [0.3, 0.4) is 0 Å². The molecule has 2 atom stereocenters. The van der Waals surface area contributed by atoms with E-state index in [1.807, 2.05) is 19.1 Å². The highest BCUT2D eigenvalue weighted by Gasteiger charge is 2.32. The van der Waals surface area contributed by atoms with E-state index < -0.39 is 15.3 Å². The summed E-state index contributed by atoms with van der Waals surface area (Å²) < 4.78 is 30.3. The topological polar surface area (TPSA) is 43.4 Å². The fourth-order valence-electron chi connectivity index (χ4n) is 2.23. The molecule has 1 aromatic rings. The molecule has 0 aliphatic carbocycles. The molecule has 1 fully saturated rings. The minimum absolute atomic E-state index is 0.369. The Morgan fingerprint density at radius 3 is 2.39 bits per heavy atom. The molecule has 0 saturated carbocycles. The molecule has 18 heavy (non-hydrogen) atoms. The van der Waals surface area contributed by atoms with Crippen LogP contribution in [0.4, 0.5) is 0 Å². The van der Waals surface area contributed by atoms with E-state index in [1.165, 1.54) is 0 Å². The Morgan fingerprint density at radius 1 is 1.22 bits per heavy atom. The second-order valence-corrected chi connectivity index (χ2v) is 7.06. The van der Waals surface area contributed by atoms with E-state index in [1.54, 1.807) is 12.1 Å². The van der Waals surface area contributed by atoms with Crippen molar-refractivity contribution < 1.29 is 13.2 Å². The molecule has 1 aromatic carbocycles. The van der Waals surface area contributed by atoms with Gasteiger partial charge in [-0.25, -0.2) is 8.42 Å². The van der Waals surface area contributed by atoms with E-state index in [9.17, 15) is 8.42 Å². The van der Waals surface area contributed by atoms with Crippen molar-refractivity contribution in [2.75, 3.05) is 6.61 Å². The number of rotatable bonds is 3. The Morgan fingerprint density at radius 2 is 1.89 bits per heavy atom. The lowest BCUT2D eigenvalue weighted by atomic mass is 10.00. The number of sulfone groups is 1. The van der Waals surface area contributed by atoms with Gasteiger partial charge in [0.05, 0.1) is 11.5 Å². The Balaban J connectivity index is 2.15. The van der Waals surface area contributed by atoms with Crippen LogP contribution in [0.1, 0.15) is 31.7 Å². The molecule has 2 rings (SSSR count). The maximum Gasteiger partial charge on any atom is 0.205 e. The number of hydrogen-bond donors (Lipinski definition) is 0. The Labute approximate surface area is 109 Å². The highest BCUT2D eigenvalue weighted by molar-refractivity contribution is 7.91. The summed E-state index contributed by atoms with van der Waals surface area (Å²) in [5, 5.41) is 0. The van der Waals surface area contributed by atoms with Gasteiger partial charge in [0.15, 0.2) is 5.44 Å². The predicted molar refractivity (Wildman–Crippen MR) is 71.1 cm³/mol. The van der Waals surface area contributed by atoms with Crippen LogP contribution in [0.2, 0.25) is 0 Å². The molecule has 3 nitrogen and oxygen atoms in total. The third-order valence-electron chi connectivity index (χ3n) is 3.60. The third kappa shape index (κ3) is 2.75. The van der Waals surface area contributed by atoms with Crippen LogP contribution in [-0.4, -0.2) is 20.5 Å². The van der Waals surface area contributed by atoms with Crippen molar-refractivity contribution in [1.82, 2.24) is 0 Å². The molecule has 1 aliphatic heterocycles. The summed E-state index contributed by atoms with van der Waals surface area (Å²) in [6, 6.07) is 6.98. The summed E-state index contributed by atoms with van der Waals surface area (Å²) in [5.41, 5.74) is 0.396. The summed E-state index contributed by atoms with van der Waals surface area (Å²) in [5.74, 6) is 0.509. The zero-order valence-corrected chi connectivity index (χ0v) is 11.7. The van der Waals surface area contributed by atoms with Crippen LogP contribution in [-0.2, 0) is 14.6 Å². The van der Waals surface area contributed by atoms with Gasteiger partial charge in [0, 0.05) is 0 Å². The quantitative estimate of drug-likeness (QED) is 0.846. The fourth-order valence-corrected chi connectivity index (χ4v) is 3.75. The first kappa shape index (κ1) is 13.6. The summed E-state index contributed by atoms with van der Waals surface area (Å²) in [6.07, 6.45) is 2.60. The molecule has 0 spiro atoms. The predicted octanol–water partition coefficient (Wildman–Crippen LogP) is 2.93.